The fourth-order valence-electron chi connectivity index (χ4n) is 10.6. The van der Waals surface area contributed by atoms with Crippen molar-refractivity contribution in [1.29, 1.82) is 0 Å². The van der Waals surface area contributed by atoms with Gasteiger partial charge in [0.25, 0.3) is 0 Å². The van der Waals surface area contributed by atoms with Crippen molar-refractivity contribution in [3.05, 3.63) is 100 Å². The van der Waals surface area contributed by atoms with Gasteiger partial charge in [-0.15, -0.1) is 0 Å². The fraction of sp³-hybridized carbons (Fsp3) is 0.564. The maximum atomic E-state index is 14.9. The van der Waals surface area contributed by atoms with Crippen molar-refractivity contribution in [1.82, 2.24) is 46.9 Å². The summed E-state index contributed by atoms with van der Waals surface area (Å²) in [6.45, 7) is 15.3. The van der Waals surface area contributed by atoms with Gasteiger partial charge in [0.1, 0.15) is 24.2 Å². The molecule has 4 aliphatic rings. The number of rotatable bonds is 16. The Kier molecular flexibility index (Phi) is 17.2. The van der Waals surface area contributed by atoms with Crippen LogP contribution in [0.4, 0.5) is 5.69 Å². The summed E-state index contributed by atoms with van der Waals surface area (Å²) in [6.07, 6.45) is 6.00. The van der Waals surface area contributed by atoms with Crippen molar-refractivity contribution in [2.45, 2.75) is 168 Å². The lowest BCUT2D eigenvalue weighted by molar-refractivity contribution is -0.147. The van der Waals surface area contributed by atoms with Crippen LogP contribution >= 0.6 is 0 Å². The Bertz CT molecular complexity index is 2470. The number of nitrogens with one attached hydrogen (secondary N) is 8. The number of benzene rings is 3. The van der Waals surface area contributed by atoms with E-state index in [1.807, 2.05) is 84.0 Å². The maximum Gasteiger partial charge on any atom is 0.346 e. The van der Waals surface area contributed by atoms with E-state index in [9.17, 15) is 28.8 Å². The summed E-state index contributed by atoms with van der Waals surface area (Å²) < 4.78 is 0. The number of carbonyl (C=O) groups is 6. The van der Waals surface area contributed by atoms with Crippen LogP contribution in [-0.2, 0) is 54.6 Å². The number of likely N-dealkylation sites (tertiary alicyclic amines) is 1. The summed E-state index contributed by atoms with van der Waals surface area (Å²) in [6, 6.07) is 17.1. The van der Waals surface area contributed by atoms with E-state index in [1.54, 1.807) is 45.3 Å². The zero-order chi connectivity index (χ0) is 52.1. The standard InChI is InChI=1S/C55H78BN10O6/c1-32(57-9)48(67)61-46(54(3,4)5)52(71)65-30-37-27-38(26-25-36(37)28-44(65)50(69)59-42-23-15-19-34-17-11-13-21-40(34)42)63-56-64-39-29-45(51(70)60-43-24-16-20-35-18-12-14-22-41(35)43)66(31-39)53(72)47(55(6,7)8)62-49(68)33(2)58-10/h11-14,17-18,21-22,25-27,32-33,39,42-47,57-58,63-64H,15-16,19-20,23-24,28-31H2,1-10H3,(H,59,69)(H,60,70)(H,61,67)(H,62,68)/t32-,33-,39-,42+,43+,44-,45-,46?,47+/m0/s1. The Morgan fingerprint density at radius 2 is 1.12 bits per heavy atom. The van der Waals surface area contributed by atoms with Gasteiger partial charge < -0.3 is 52.2 Å². The van der Waals surface area contributed by atoms with Gasteiger partial charge in [-0.3, -0.25) is 28.8 Å². The lowest BCUT2D eigenvalue weighted by Crippen LogP contribution is -2.62. The molecule has 1 unspecified atom stereocenters. The predicted octanol–water partition coefficient (Wildman–Crippen LogP) is 4.11. The van der Waals surface area contributed by atoms with Crippen molar-refractivity contribution in [3.8, 4) is 0 Å². The second kappa shape index (κ2) is 23.0. The minimum absolute atomic E-state index is 0.140. The number of hydrogen-bond donors (Lipinski definition) is 8. The molecular formula is C55H78BN10O6. The van der Waals surface area contributed by atoms with Gasteiger partial charge >= 0.3 is 7.55 Å². The molecule has 72 heavy (non-hydrogen) atoms. The SMILES string of the molecule is CN[C@@H](C)C(=O)NC(C(=O)N1Cc2cc(N[B]N[C@H]3C[C@@H](C(=O)N[C@@H]4CCCc5ccccc54)N(C(=O)[C@@H](NC(=O)[C@H](C)NC)C(C)(C)C)C3)ccc2C[C@H]1C(=O)N[C@@H]1CCCc2ccccc21)C(C)(C)C. The number of anilines is 1. The van der Waals surface area contributed by atoms with Crippen molar-refractivity contribution < 1.29 is 28.8 Å². The number of fused-ring (bicyclic) bond motifs is 3. The minimum Gasteiger partial charge on any atom is -0.418 e. The Balaban J connectivity index is 1.10. The van der Waals surface area contributed by atoms with Crippen LogP contribution in [0.2, 0.25) is 0 Å². The maximum absolute atomic E-state index is 14.9. The van der Waals surface area contributed by atoms with Crippen LogP contribution in [0, 0.1) is 10.8 Å². The molecule has 1 fully saturated rings. The Hall–Kier alpha value is -5.78. The van der Waals surface area contributed by atoms with Gasteiger partial charge in [0.05, 0.1) is 24.2 Å². The third-order valence-electron chi connectivity index (χ3n) is 15.2. The highest BCUT2D eigenvalue weighted by atomic mass is 16.2. The van der Waals surface area contributed by atoms with Gasteiger partial charge in [-0.05, 0) is 129 Å². The second-order valence-corrected chi connectivity index (χ2v) is 22.5. The molecule has 8 N–H and O–H groups in total. The van der Waals surface area contributed by atoms with E-state index in [0.717, 1.165) is 66.5 Å². The first kappa shape index (κ1) is 54.0. The van der Waals surface area contributed by atoms with E-state index in [0.29, 0.717) is 6.42 Å². The smallest absolute Gasteiger partial charge is 0.346 e. The number of likely N-dealkylation sites (N-methyl/N-ethyl adjacent to an activating group) is 2. The summed E-state index contributed by atoms with van der Waals surface area (Å²) in [4.78, 5) is 88.3. The van der Waals surface area contributed by atoms with Crippen molar-refractivity contribution in [3.63, 3.8) is 0 Å². The third kappa shape index (κ3) is 12.5. The van der Waals surface area contributed by atoms with Gasteiger partial charge in [-0.25, -0.2) is 0 Å². The summed E-state index contributed by atoms with van der Waals surface area (Å²) in [5, 5.41) is 25.3. The number of aryl methyl sites for hydroxylation is 2. The molecule has 3 aromatic carbocycles. The molecule has 1 saturated heterocycles. The van der Waals surface area contributed by atoms with Crippen LogP contribution in [0.1, 0.15) is 133 Å². The van der Waals surface area contributed by atoms with Crippen LogP contribution in [0.3, 0.4) is 0 Å². The third-order valence-corrected chi connectivity index (χ3v) is 15.2. The molecule has 3 aromatic rings. The van der Waals surface area contributed by atoms with Gasteiger partial charge in [-0.1, -0.05) is 96.1 Å². The summed E-state index contributed by atoms with van der Waals surface area (Å²) in [5.74, 6) is -1.75. The highest BCUT2D eigenvalue weighted by molar-refractivity contribution is 6.37. The Morgan fingerprint density at radius 3 is 1.64 bits per heavy atom. The van der Waals surface area contributed by atoms with Crippen LogP contribution in [-0.4, -0.2) is 116 Å². The first-order chi connectivity index (χ1) is 34.2. The van der Waals surface area contributed by atoms with Crippen LogP contribution in [0.15, 0.2) is 66.7 Å². The van der Waals surface area contributed by atoms with E-state index in [1.165, 1.54) is 11.1 Å². The van der Waals surface area contributed by atoms with Crippen molar-refractivity contribution >= 4 is 48.7 Å². The fourth-order valence-corrected chi connectivity index (χ4v) is 10.6. The molecular weight excluding hydrogens is 907 g/mol. The first-order valence-corrected chi connectivity index (χ1v) is 26.0. The summed E-state index contributed by atoms with van der Waals surface area (Å²) >= 11 is 0. The molecule has 387 valence electrons. The Morgan fingerprint density at radius 1 is 0.625 bits per heavy atom. The van der Waals surface area contributed by atoms with Gasteiger partial charge in [0.15, 0.2) is 0 Å². The van der Waals surface area contributed by atoms with Gasteiger partial charge in [-0.2, -0.15) is 0 Å². The minimum atomic E-state index is -0.916. The van der Waals surface area contributed by atoms with E-state index in [-0.39, 0.29) is 73.1 Å². The molecule has 2 aliphatic heterocycles. The van der Waals surface area contributed by atoms with Crippen molar-refractivity contribution in [2.24, 2.45) is 10.8 Å². The molecule has 0 aromatic heterocycles. The highest BCUT2D eigenvalue weighted by Crippen LogP contribution is 2.35. The van der Waals surface area contributed by atoms with Crippen LogP contribution < -0.4 is 42.4 Å². The number of amides is 6. The molecule has 0 spiro atoms. The molecule has 1 radical (unpaired) electrons. The molecule has 16 nitrogen and oxygen atoms in total. The average molecular weight is 986 g/mol. The van der Waals surface area contributed by atoms with Crippen LogP contribution in [0.5, 0.6) is 0 Å². The average Bonchev–Trinajstić information content (AvgIpc) is 3.79. The molecule has 6 amide bonds. The second-order valence-electron chi connectivity index (χ2n) is 22.5. The van der Waals surface area contributed by atoms with Gasteiger partial charge in [0.2, 0.25) is 35.4 Å². The molecule has 0 saturated carbocycles. The Labute approximate surface area is 427 Å². The molecule has 2 aliphatic carbocycles. The number of hydrogen-bond acceptors (Lipinski definition) is 10. The van der Waals surface area contributed by atoms with Crippen LogP contribution in [0.25, 0.3) is 0 Å². The van der Waals surface area contributed by atoms with Gasteiger partial charge in [0, 0.05) is 31.2 Å². The zero-order valence-corrected chi connectivity index (χ0v) is 44.0. The molecule has 7 rings (SSSR count). The summed E-state index contributed by atoms with van der Waals surface area (Å²) in [7, 11) is 5.09. The quantitative estimate of drug-likeness (QED) is 0.0966. The lowest BCUT2D eigenvalue weighted by atomic mass is 9.83. The summed E-state index contributed by atoms with van der Waals surface area (Å²) in [5.41, 5.74) is 5.82. The van der Waals surface area contributed by atoms with E-state index < -0.39 is 47.1 Å². The van der Waals surface area contributed by atoms with E-state index in [2.05, 4.69) is 66.6 Å². The molecule has 2 heterocycles. The van der Waals surface area contributed by atoms with Crippen molar-refractivity contribution in [2.75, 3.05) is 25.9 Å². The highest BCUT2D eigenvalue weighted by Gasteiger charge is 2.46. The van der Waals surface area contributed by atoms with E-state index in [4.69, 9.17) is 0 Å². The first-order valence-electron chi connectivity index (χ1n) is 26.0. The monoisotopic (exact) mass is 986 g/mol. The molecule has 0 bridgehead atoms. The molecule has 17 heteroatoms. The molecule has 9 atom stereocenters. The normalized spacial score (nSPS) is 22.4. The topological polar surface area (TPSA) is 205 Å². The zero-order valence-electron chi connectivity index (χ0n) is 44.0. The predicted molar refractivity (Wildman–Crippen MR) is 281 cm³/mol. The number of nitrogens with zero attached hydrogens (tertiary/aromatic N) is 2. The van der Waals surface area contributed by atoms with E-state index >= 15 is 0 Å². The number of carbonyl (C=O) groups excluding carboxylic acids is 6. The largest absolute Gasteiger partial charge is 0.418 e. The lowest BCUT2D eigenvalue weighted by Gasteiger charge is -2.42.